The van der Waals surface area contributed by atoms with Gasteiger partial charge in [-0.25, -0.2) is 0 Å². The minimum atomic E-state index is 0.103. The maximum absolute atomic E-state index is 6.01. The summed E-state index contributed by atoms with van der Waals surface area (Å²) < 4.78 is 1.06. The van der Waals surface area contributed by atoms with Crippen LogP contribution in [0.5, 0.6) is 0 Å². The molecule has 0 fully saturated rings. The molecule has 1 rings (SSSR count). The Kier molecular flexibility index (Phi) is 4.01. The van der Waals surface area contributed by atoms with E-state index in [4.69, 9.17) is 17.3 Å². The predicted octanol–water partition coefficient (Wildman–Crippen LogP) is 3.60. The Morgan fingerprint density at radius 1 is 1.38 bits per heavy atom. The first-order valence-electron chi connectivity index (χ1n) is 4.23. The summed E-state index contributed by atoms with van der Waals surface area (Å²) >= 11 is 8.14. The highest BCUT2D eigenvalue weighted by Crippen LogP contribution is 2.25. The van der Waals surface area contributed by atoms with Crippen molar-refractivity contribution in [1.82, 2.24) is 0 Å². The molecular weight excluding hydrogens is 296 g/mol. The smallest absolute Gasteiger partial charge is 0.0539 e. The Morgan fingerprint density at radius 2 is 2.00 bits per heavy atom. The van der Waals surface area contributed by atoms with E-state index in [0.29, 0.717) is 5.92 Å². The van der Waals surface area contributed by atoms with Gasteiger partial charge in [0.1, 0.15) is 0 Å². The maximum atomic E-state index is 6.01. The first-order chi connectivity index (χ1) is 6.02. The van der Waals surface area contributed by atoms with E-state index in [1.54, 1.807) is 0 Å². The molecule has 0 spiro atoms. The van der Waals surface area contributed by atoms with Crippen LogP contribution in [0.4, 0.5) is 0 Å². The van der Waals surface area contributed by atoms with Crippen molar-refractivity contribution in [3.63, 3.8) is 0 Å². The topological polar surface area (TPSA) is 26.0 Å². The molecule has 0 bridgehead atoms. The first-order valence-corrected chi connectivity index (χ1v) is 5.68. The first kappa shape index (κ1) is 11.3. The fraction of sp³-hybridized carbons (Fsp3) is 0.400. The SMILES string of the molecule is CC(C)C(N)c1ccc(Cl)c(I)c1. The molecule has 1 unspecified atom stereocenters. The van der Waals surface area contributed by atoms with Crippen LogP contribution in [0.2, 0.25) is 5.02 Å². The van der Waals surface area contributed by atoms with Gasteiger partial charge in [0.2, 0.25) is 0 Å². The van der Waals surface area contributed by atoms with Crippen LogP contribution >= 0.6 is 34.2 Å². The van der Waals surface area contributed by atoms with Gasteiger partial charge in [-0.1, -0.05) is 31.5 Å². The lowest BCUT2D eigenvalue weighted by molar-refractivity contribution is 0.514. The second-order valence-corrected chi connectivity index (χ2v) is 5.01. The number of rotatable bonds is 2. The highest BCUT2D eigenvalue weighted by molar-refractivity contribution is 14.1. The molecule has 0 radical (unpaired) electrons. The summed E-state index contributed by atoms with van der Waals surface area (Å²) in [6.07, 6.45) is 0. The Labute approximate surface area is 97.8 Å². The largest absolute Gasteiger partial charge is 0.324 e. The molecule has 1 aromatic rings. The van der Waals surface area contributed by atoms with Crippen molar-refractivity contribution < 1.29 is 0 Å². The van der Waals surface area contributed by atoms with Crippen molar-refractivity contribution in [2.45, 2.75) is 19.9 Å². The van der Waals surface area contributed by atoms with Crippen LogP contribution in [-0.2, 0) is 0 Å². The lowest BCUT2D eigenvalue weighted by Crippen LogP contribution is -2.16. The van der Waals surface area contributed by atoms with Crippen LogP contribution in [-0.4, -0.2) is 0 Å². The van der Waals surface area contributed by atoms with Crippen LogP contribution in [0.3, 0.4) is 0 Å². The summed E-state index contributed by atoms with van der Waals surface area (Å²) in [7, 11) is 0. The van der Waals surface area contributed by atoms with Gasteiger partial charge in [0.25, 0.3) is 0 Å². The molecule has 13 heavy (non-hydrogen) atoms. The number of nitrogens with two attached hydrogens (primary N) is 1. The third-order valence-electron chi connectivity index (χ3n) is 2.05. The lowest BCUT2D eigenvalue weighted by atomic mass is 9.97. The molecule has 1 atom stereocenters. The van der Waals surface area contributed by atoms with Gasteiger partial charge in [0, 0.05) is 9.61 Å². The van der Waals surface area contributed by atoms with Crippen LogP contribution in [0.1, 0.15) is 25.5 Å². The molecule has 0 saturated heterocycles. The van der Waals surface area contributed by atoms with Gasteiger partial charge in [-0.3, -0.25) is 0 Å². The second-order valence-electron chi connectivity index (χ2n) is 3.44. The van der Waals surface area contributed by atoms with Crippen LogP contribution < -0.4 is 5.73 Å². The molecule has 0 aliphatic carbocycles. The molecule has 1 aromatic carbocycles. The van der Waals surface area contributed by atoms with Gasteiger partial charge in [0.05, 0.1) is 5.02 Å². The van der Waals surface area contributed by atoms with Crippen molar-refractivity contribution >= 4 is 34.2 Å². The Hall–Kier alpha value is 0.200. The van der Waals surface area contributed by atoms with Crippen molar-refractivity contribution in [2.24, 2.45) is 11.7 Å². The zero-order chi connectivity index (χ0) is 10.0. The summed E-state index contributed by atoms with van der Waals surface area (Å²) in [5.74, 6) is 0.456. The van der Waals surface area contributed by atoms with E-state index in [-0.39, 0.29) is 6.04 Å². The molecule has 0 aliphatic heterocycles. The van der Waals surface area contributed by atoms with Crippen LogP contribution in [0, 0.1) is 9.49 Å². The van der Waals surface area contributed by atoms with Gasteiger partial charge in [-0.15, -0.1) is 0 Å². The number of hydrogen-bond donors (Lipinski definition) is 1. The third kappa shape index (κ3) is 2.82. The van der Waals surface area contributed by atoms with E-state index in [0.717, 1.165) is 14.2 Å². The fourth-order valence-electron chi connectivity index (χ4n) is 1.10. The van der Waals surface area contributed by atoms with Gasteiger partial charge < -0.3 is 5.73 Å². The van der Waals surface area contributed by atoms with E-state index in [9.17, 15) is 0 Å². The molecule has 3 heteroatoms. The van der Waals surface area contributed by atoms with Crippen molar-refractivity contribution in [3.05, 3.63) is 32.4 Å². The van der Waals surface area contributed by atoms with E-state index in [1.807, 2.05) is 18.2 Å². The molecular formula is C10H13ClIN. The van der Waals surface area contributed by atoms with E-state index < -0.39 is 0 Å². The lowest BCUT2D eigenvalue weighted by Gasteiger charge is -2.16. The summed E-state index contributed by atoms with van der Waals surface area (Å²) in [6, 6.07) is 6.05. The average molecular weight is 310 g/mol. The second kappa shape index (κ2) is 4.62. The Balaban J connectivity index is 2.97. The third-order valence-corrected chi connectivity index (χ3v) is 3.59. The molecule has 2 N–H and O–H groups in total. The summed E-state index contributed by atoms with van der Waals surface area (Å²) in [4.78, 5) is 0. The highest BCUT2D eigenvalue weighted by Gasteiger charge is 2.11. The normalized spacial score (nSPS) is 13.4. The minimum Gasteiger partial charge on any atom is -0.324 e. The van der Waals surface area contributed by atoms with Crippen LogP contribution in [0.15, 0.2) is 18.2 Å². The summed E-state index contributed by atoms with van der Waals surface area (Å²) in [6.45, 7) is 4.23. The van der Waals surface area contributed by atoms with Gasteiger partial charge in [-0.05, 0) is 46.2 Å². The summed E-state index contributed by atoms with van der Waals surface area (Å²) in [5, 5.41) is 0.792. The quantitative estimate of drug-likeness (QED) is 0.830. The number of benzene rings is 1. The molecule has 0 amide bonds. The van der Waals surface area contributed by atoms with Crippen molar-refractivity contribution in [2.75, 3.05) is 0 Å². The Bertz CT molecular complexity index is 299. The highest BCUT2D eigenvalue weighted by atomic mass is 127. The zero-order valence-corrected chi connectivity index (χ0v) is 10.6. The Morgan fingerprint density at radius 3 is 2.46 bits per heavy atom. The van der Waals surface area contributed by atoms with E-state index >= 15 is 0 Å². The van der Waals surface area contributed by atoms with Crippen molar-refractivity contribution in [3.8, 4) is 0 Å². The predicted molar refractivity (Wildman–Crippen MR) is 65.9 cm³/mol. The van der Waals surface area contributed by atoms with Crippen molar-refractivity contribution in [1.29, 1.82) is 0 Å². The molecule has 1 nitrogen and oxygen atoms in total. The number of hydrogen-bond acceptors (Lipinski definition) is 1. The van der Waals surface area contributed by atoms with E-state index in [1.165, 1.54) is 0 Å². The fourth-order valence-corrected chi connectivity index (χ4v) is 1.76. The van der Waals surface area contributed by atoms with Gasteiger partial charge in [-0.2, -0.15) is 0 Å². The maximum Gasteiger partial charge on any atom is 0.0539 e. The van der Waals surface area contributed by atoms with Gasteiger partial charge in [0.15, 0.2) is 0 Å². The molecule has 0 saturated carbocycles. The van der Waals surface area contributed by atoms with Gasteiger partial charge >= 0.3 is 0 Å². The standard InChI is InChI=1S/C10H13ClIN/c1-6(2)10(13)7-3-4-8(11)9(12)5-7/h3-6,10H,13H2,1-2H3. The summed E-state index contributed by atoms with van der Waals surface area (Å²) in [5.41, 5.74) is 7.17. The average Bonchev–Trinajstić information content (AvgIpc) is 2.08. The minimum absolute atomic E-state index is 0.103. The monoisotopic (exact) mass is 309 g/mol. The zero-order valence-electron chi connectivity index (χ0n) is 7.72. The van der Waals surface area contributed by atoms with E-state index in [2.05, 4.69) is 36.4 Å². The molecule has 0 aromatic heterocycles. The molecule has 0 heterocycles. The molecule has 72 valence electrons. The number of halogens is 2. The van der Waals surface area contributed by atoms with Crippen LogP contribution in [0.25, 0.3) is 0 Å². The molecule has 0 aliphatic rings.